The van der Waals surface area contributed by atoms with Gasteiger partial charge in [-0.2, -0.15) is 0 Å². The van der Waals surface area contributed by atoms with Crippen LogP contribution in [-0.4, -0.2) is 16.9 Å². The first-order valence-corrected chi connectivity index (χ1v) is 9.08. The standard InChI is InChI=1S/C22H19N3O2S/c1-15-8-7-9-16(14-15)20(26)25-22(28)24-19-13-6-5-12-18(19)21(27)23-17-10-3-2-4-11-17/h2-14H,1H3,(H,23,27)(H2,24,25,26,28). The van der Waals surface area contributed by atoms with Crippen LogP contribution >= 0.6 is 12.2 Å². The van der Waals surface area contributed by atoms with E-state index >= 15 is 0 Å². The highest BCUT2D eigenvalue weighted by atomic mass is 32.1. The third kappa shape index (κ3) is 5.02. The Balaban J connectivity index is 1.69. The molecule has 0 unspecified atom stereocenters. The Morgan fingerprint density at radius 2 is 1.50 bits per heavy atom. The molecule has 0 bridgehead atoms. The van der Waals surface area contributed by atoms with Gasteiger partial charge in [-0.3, -0.25) is 14.9 Å². The smallest absolute Gasteiger partial charge is 0.257 e. The highest BCUT2D eigenvalue weighted by Gasteiger charge is 2.14. The second-order valence-corrected chi connectivity index (χ2v) is 6.55. The molecule has 6 heteroatoms. The predicted octanol–water partition coefficient (Wildman–Crippen LogP) is 4.37. The first-order valence-electron chi connectivity index (χ1n) is 8.67. The molecule has 0 aliphatic carbocycles. The summed E-state index contributed by atoms with van der Waals surface area (Å²) in [5.41, 5.74) is 3.11. The van der Waals surface area contributed by atoms with Crippen LogP contribution in [0.2, 0.25) is 0 Å². The van der Waals surface area contributed by atoms with Crippen molar-refractivity contribution in [2.75, 3.05) is 10.6 Å². The van der Waals surface area contributed by atoms with Gasteiger partial charge in [0.2, 0.25) is 0 Å². The van der Waals surface area contributed by atoms with Gasteiger partial charge >= 0.3 is 0 Å². The molecule has 0 aliphatic heterocycles. The normalized spacial score (nSPS) is 10.0. The highest BCUT2D eigenvalue weighted by molar-refractivity contribution is 7.80. The van der Waals surface area contributed by atoms with Crippen LogP contribution in [0, 0.1) is 6.92 Å². The van der Waals surface area contributed by atoms with Crippen LogP contribution in [0.1, 0.15) is 26.3 Å². The van der Waals surface area contributed by atoms with Crippen molar-refractivity contribution in [3.05, 3.63) is 95.6 Å². The fraction of sp³-hybridized carbons (Fsp3) is 0.0455. The van der Waals surface area contributed by atoms with Crippen LogP contribution in [0.15, 0.2) is 78.9 Å². The molecule has 0 aliphatic rings. The number of amides is 2. The van der Waals surface area contributed by atoms with Crippen LogP contribution < -0.4 is 16.0 Å². The largest absolute Gasteiger partial charge is 0.332 e. The molecular weight excluding hydrogens is 370 g/mol. The minimum atomic E-state index is -0.313. The van der Waals surface area contributed by atoms with Gasteiger partial charge in [0.05, 0.1) is 11.3 Å². The van der Waals surface area contributed by atoms with E-state index in [4.69, 9.17) is 12.2 Å². The molecule has 0 saturated heterocycles. The molecule has 0 radical (unpaired) electrons. The predicted molar refractivity (Wildman–Crippen MR) is 116 cm³/mol. The monoisotopic (exact) mass is 389 g/mol. The maximum Gasteiger partial charge on any atom is 0.257 e. The summed E-state index contributed by atoms with van der Waals surface area (Å²) < 4.78 is 0. The summed E-state index contributed by atoms with van der Waals surface area (Å²) in [6.45, 7) is 1.91. The van der Waals surface area contributed by atoms with Crippen molar-refractivity contribution < 1.29 is 9.59 Å². The topological polar surface area (TPSA) is 70.2 Å². The molecule has 3 aromatic carbocycles. The average Bonchev–Trinajstić information content (AvgIpc) is 2.69. The summed E-state index contributed by atoms with van der Waals surface area (Å²) in [5, 5.41) is 8.52. The second kappa shape index (κ2) is 8.92. The van der Waals surface area contributed by atoms with Gasteiger partial charge in [0, 0.05) is 11.3 Å². The van der Waals surface area contributed by atoms with Gasteiger partial charge in [0.15, 0.2) is 5.11 Å². The maximum absolute atomic E-state index is 12.6. The zero-order valence-electron chi connectivity index (χ0n) is 15.2. The zero-order valence-corrected chi connectivity index (χ0v) is 16.0. The van der Waals surface area contributed by atoms with E-state index in [2.05, 4.69) is 16.0 Å². The molecule has 0 saturated carbocycles. The van der Waals surface area contributed by atoms with Crippen LogP contribution in [-0.2, 0) is 0 Å². The van der Waals surface area contributed by atoms with E-state index in [9.17, 15) is 9.59 Å². The Morgan fingerprint density at radius 3 is 2.25 bits per heavy atom. The van der Waals surface area contributed by atoms with Crippen molar-refractivity contribution in [3.63, 3.8) is 0 Å². The Kier molecular flexibility index (Phi) is 6.14. The number of hydrogen-bond donors (Lipinski definition) is 3. The fourth-order valence-electron chi connectivity index (χ4n) is 2.63. The van der Waals surface area contributed by atoms with Crippen LogP contribution in [0.5, 0.6) is 0 Å². The Labute approximate surface area is 168 Å². The molecule has 28 heavy (non-hydrogen) atoms. The summed E-state index contributed by atoms with van der Waals surface area (Å²) in [5.74, 6) is -0.588. The third-order valence-electron chi connectivity index (χ3n) is 3.96. The molecule has 0 atom stereocenters. The fourth-order valence-corrected chi connectivity index (χ4v) is 2.83. The number of benzene rings is 3. The van der Waals surface area contributed by atoms with Crippen LogP contribution in [0.3, 0.4) is 0 Å². The quantitative estimate of drug-likeness (QED) is 0.580. The van der Waals surface area contributed by atoms with Crippen molar-refractivity contribution in [2.24, 2.45) is 0 Å². The molecule has 0 fully saturated rings. The van der Waals surface area contributed by atoms with Crippen molar-refractivity contribution >= 4 is 40.5 Å². The number of aryl methyl sites for hydroxylation is 1. The number of thiocarbonyl (C=S) groups is 1. The molecule has 5 nitrogen and oxygen atoms in total. The summed E-state index contributed by atoms with van der Waals surface area (Å²) >= 11 is 5.25. The number of rotatable bonds is 4. The number of nitrogens with one attached hydrogen (secondary N) is 3. The second-order valence-electron chi connectivity index (χ2n) is 6.14. The molecule has 3 aromatic rings. The van der Waals surface area contributed by atoms with Gasteiger partial charge in [-0.1, -0.05) is 48.0 Å². The molecule has 2 amide bonds. The van der Waals surface area contributed by atoms with Crippen LogP contribution in [0.25, 0.3) is 0 Å². The first-order chi connectivity index (χ1) is 13.5. The lowest BCUT2D eigenvalue weighted by Gasteiger charge is -2.14. The summed E-state index contributed by atoms with van der Waals surface area (Å²) in [6, 6.07) is 23.3. The molecular formula is C22H19N3O2S. The average molecular weight is 389 g/mol. The van der Waals surface area contributed by atoms with Gasteiger partial charge < -0.3 is 10.6 Å². The number of carbonyl (C=O) groups excluding carboxylic acids is 2. The van der Waals surface area contributed by atoms with Crippen LogP contribution in [0.4, 0.5) is 11.4 Å². The van der Waals surface area contributed by atoms with E-state index in [-0.39, 0.29) is 16.9 Å². The Bertz CT molecular complexity index is 1020. The molecule has 140 valence electrons. The SMILES string of the molecule is Cc1cccc(C(=O)NC(=S)Nc2ccccc2C(=O)Nc2ccccc2)c1. The minimum absolute atomic E-state index is 0.117. The maximum atomic E-state index is 12.6. The van der Waals surface area contributed by atoms with E-state index in [0.29, 0.717) is 22.5 Å². The molecule has 0 aromatic heterocycles. The van der Waals surface area contributed by atoms with E-state index in [1.165, 1.54) is 0 Å². The number of carbonyl (C=O) groups is 2. The van der Waals surface area contributed by atoms with Crippen molar-refractivity contribution in [3.8, 4) is 0 Å². The zero-order chi connectivity index (χ0) is 19.9. The Hall–Kier alpha value is -3.51. The van der Waals surface area contributed by atoms with Crippen molar-refractivity contribution in [1.29, 1.82) is 0 Å². The molecule has 0 heterocycles. The molecule has 3 rings (SSSR count). The molecule has 3 N–H and O–H groups in total. The molecule has 0 spiro atoms. The van der Waals surface area contributed by atoms with Gasteiger partial charge in [0.25, 0.3) is 11.8 Å². The van der Waals surface area contributed by atoms with Crippen molar-refractivity contribution in [2.45, 2.75) is 6.92 Å². The van der Waals surface area contributed by atoms with E-state index < -0.39 is 0 Å². The van der Waals surface area contributed by atoms with Gasteiger partial charge in [-0.05, 0) is 55.5 Å². The number of para-hydroxylation sites is 2. The summed E-state index contributed by atoms with van der Waals surface area (Å²) in [4.78, 5) is 25.0. The van der Waals surface area contributed by atoms with E-state index in [0.717, 1.165) is 5.56 Å². The minimum Gasteiger partial charge on any atom is -0.332 e. The highest BCUT2D eigenvalue weighted by Crippen LogP contribution is 2.17. The lowest BCUT2D eigenvalue weighted by atomic mass is 10.1. The lowest BCUT2D eigenvalue weighted by molar-refractivity contribution is 0.0976. The number of anilines is 2. The van der Waals surface area contributed by atoms with Gasteiger partial charge in [0.1, 0.15) is 0 Å². The summed E-state index contributed by atoms with van der Waals surface area (Å²) in [7, 11) is 0. The van der Waals surface area contributed by atoms with Gasteiger partial charge in [-0.15, -0.1) is 0 Å². The van der Waals surface area contributed by atoms with Gasteiger partial charge in [-0.25, -0.2) is 0 Å². The Morgan fingerprint density at radius 1 is 0.786 bits per heavy atom. The van der Waals surface area contributed by atoms with E-state index in [1.54, 1.807) is 48.5 Å². The number of hydrogen-bond acceptors (Lipinski definition) is 3. The third-order valence-corrected chi connectivity index (χ3v) is 4.16. The lowest BCUT2D eigenvalue weighted by Crippen LogP contribution is -2.34. The first kappa shape index (κ1) is 19.3. The van der Waals surface area contributed by atoms with E-state index in [1.807, 2.05) is 37.3 Å². The van der Waals surface area contributed by atoms with Crippen molar-refractivity contribution in [1.82, 2.24) is 5.32 Å². The summed E-state index contributed by atoms with van der Waals surface area (Å²) in [6.07, 6.45) is 0.